The van der Waals surface area contributed by atoms with Crippen molar-refractivity contribution in [3.05, 3.63) is 65.5 Å². The van der Waals surface area contributed by atoms with Gasteiger partial charge in [-0.1, -0.05) is 12.1 Å². The molecule has 0 saturated carbocycles. The summed E-state index contributed by atoms with van der Waals surface area (Å²) < 4.78 is 23.0. The Labute approximate surface area is 175 Å². The van der Waals surface area contributed by atoms with Gasteiger partial charge in [0.2, 0.25) is 11.3 Å². The van der Waals surface area contributed by atoms with Crippen LogP contribution >= 0.6 is 0 Å². The van der Waals surface area contributed by atoms with Crippen LogP contribution in [0.1, 0.15) is 22.8 Å². The number of carbonyl (C=O) groups excluding carboxylic acids is 1. The maximum Gasteiger partial charge on any atom is 0.338 e. The third-order valence-electron chi connectivity index (χ3n) is 4.01. The van der Waals surface area contributed by atoms with Crippen molar-refractivity contribution in [2.24, 2.45) is 5.10 Å². The smallest absolute Gasteiger partial charge is 0.338 e. The zero-order chi connectivity index (χ0) is 21.6. The van der Waals surface area contributed by atoms with Gasteiger partial charge < -0.3 is 10.1 Å². The summed E-state index contributed by atoms with van der Waals surface area (Å²) in [5, 5.41) is 14.5. The Morgan fingerprint density at radius 1 is 1.13 bits per heavy atom. The van der Waals surface area contributed by atoms with E-state index in [9.17, 15) is 9.18 Å². The Balaban J connectivity index is 1.57. The average molecular weight is 421 g/mol. The van der Waals surface area contributed by atoms with E-state index in [-0.39, 0.29) is 22.9 Å². The zero-order valence-corrected chi connectivity index (χ0v) is 16.2. The summed E-state index contributed by atoms with van der Waals surface area (Å²) in [7, 11) is 0. The highest BCUT2D eigenvalue weighted by atomic mass is 19.1. The van der Waals surface area contributed by atoms with Crippen molar-refractivity contribution >= 4 is 40.8 Å². The quantitative estimate of drug-likeness (QED) is 0.262. The van der Waals surface area contributed by atoms with Gasteiger partial charge in [-0.3, -0.25) is 5.43 Å². The van der Waals surface area contributed by atoms with Gasteiger partial charge in [0.25, 0.3) is 0 Å². The largest absolute Gasteiger partial charge is 0.462 e. The van der Waals surface area contributed by atoms with Crippen LogP contribution in [0, 0.1) is 5.82 Å². The molecule has 2 aromatic carbocycles. The Morgan fingerprint density at radius 3 is 2.58 bits per heavy atom. The van der Waals surface area contributed by atoms with Gasteiger partial charge in [0, 0.05) is 5.69 Å². The van der Waals surface area contributed by atoms with Crippen molar-refractivity contribution in [2.45, 2.75) is 6.92 Å². The first-order valence-corrected chi connectivity index (χ1v) is 9.21. The Hall–Kier alpha value is -4.41. The summed E-state index contributed by atoms with van der Waals surface area (Å²) in [6.07, 6.45) is 1.44. The Kier molecular flexibility index (Phi) is 5.74. The minimum Gasteiger partial charge on any atom is -0.462 e. The molecular weight excluding hydrogens is 405 g/mol. The van der Waals surface area contributed by atoms with Crippen molar-refractivity contribution < 1.29 is 18.6 Å². The van der Waals surface area contributed by atoms with Crippen LogP contribution in [-0.2, 0) is 4.74 Å². The van der Waals surface area contributed by atoms with E-state index in [1.165, 1.54) is 18.3 Å². The summed E-state index contributed by atoms with van der Waals surface area (Å²) in [6, 6.07) is 12.6. The first-order chi connectivity index (χ1) is 15.1. The molecule has 10 nitrogen and oxygen atoms in total. The summed E-state index contributed by atoms with van der Waals surface area (Å²) in [4.78, 5) is 20.4. The number of benzene rings is 2. The first kappa shape index (κ1) is 19.9. The van der Waals surface area contributed by atoms with Crippen LogP contribution in [-0.4, -0.2) is 39.1 Å². The van der Waals surface area contributed by atoms with E-state index in [0.29, 0.717) is 29.2 Å². The van der Waals surface area contributed by atoms with Crippen molar-refractivity contribution in [1.29, 1.82) is 0 Å². The molecule has 11 heteroatoms. The molecule has 0 aliphatic carbocycles. The van der Waals surface area contributed by atoms with E-state index in [4.69, 9.17) is 4.74 Å². The number of carbonyl (C=O) groups is 1. The maximum atomic E-state index is 13.3. The van der Waals surface area contributed by atoms with Crippen LogP contribution in [0.15, 0.2) is 58.3 Å². The molecular formula is C20H16FN7O3. The summed E-state index contributed by atoms with van der Waals surface area (Å²) in [5.74, 6) is -0.237. The highest BCUT2D eigenvalue weighted by Crippen LogP contribution is 2.24. The van der Waals surface area contributed by atoms with Crippen LogP contribution in [0.2, 0.25) is 0 Å². The van der Waals surface area contributed by atoms with Gasteiger partial charge in [0.1, 0.15) is 5.82 Å². The fraction of sp³-hybridized carbons (Fsp3) is 0.100. The SMILES string of the molecule is CCOC(=O)c1ccc(Nc2nc3nonc3nc2N/N=C\c2cccc(F)c2)cc1. The zero-order valence-electron chi connectivity index (χ0n) is 16.2. The van der Waals surface area contributed by atoms with Crippen molar-refractivity contribution in [3.63, 3.8) is 0 Å². The number of esters is 1. The van der Waals surface area contributed by atoms with Crippen LogP contribution in [0.3, 0.4) is 0 Å². The van der Waals surface area contributed by atoms with Gasteiger partial charge in [0.05, 0.1) is 18.4 Å². The topological polar surface area (TPSA) is 127 Å². The number of ether oxygens (including phenoxy) is 1. The number of anilines is 3. The normalized spacial score (nSPS) is 11.0. The second-order valence-corrected chi connectivity index (χ2v) is 6.18. The van der Waals surface area contributed by atoms with Gasteiger partial charge in [-0.15, -0.1) is 0 Å². The standard InChI is InChI=1S/C20H16FN7O3/c1-2-30-20(29)13-6-8-15(9-7-13)23-16-17(25-19-18(24-16)27-31-28-19)26-22-11-12-4-3-5-14(21)10-12/h3-11H,2H2,1H3,(H,23,24,27)(H,25,26,28)/b22-11-. The number of halogens is 1. The lowest BCUT2D eigenvalue weighted by Gasteiger charge is -2.10. The minimum atomic E-state index is -0.405. The molecule has 0 atom stereocenters. The number of hydrogen-bond donors (Lipinski definition) is 2. The third kappa shape index (κ3) is 4.78. The predicted molar refractivity (Wildman–Crippen MR) is 111 cm³/mol. The van der Waals surface area contributed by atoms with E-state index in [1.54, 1.807) is 43.3 Å². The van der Waals surface area contributed by atoms with Gasteiger partial charge >= 0.3 is 5.97 Å². The molecule has 2 N–H and O–H groups in total. The van der Waals surface area contributed by atoms with Crippen LogP contribution < -0.4 is 10.7 Å². The molecule has 2 heterocycles. The number of nitrogens with zero attached hydrogens (tertiary/aromatic N) is 5. The first-order valence-electron chi connectivity index (χ1n) is 9.21. The third-order valence-corrected chi connectivity index (χ3v) is 4.01. The Morgan fingerprint density at radius 2 is 1.87 bits per heavy atom. The van der Waals surface area contributed by atoms with Crippen molar-refractivity contribution in [1.82, 2.24) is 20.3 Å². The van der Waals surface area contributed by atoms with Crippen LogP contribution in [0.25, 0.3) is 11.3 Å². The molecule has 0 unspecified atom stereocenters. The average Bonchev–Trinajstić information content (AvgIpc) is 3.22. The molecule has 0 spiro atoms. The molecule has 156 valence electrons. The summed E-state index contributed by atoms with van der Waals surface area (Å²) in [5.41, 5.74) is 4.77. The maximum absolute atomic E-state index is 13.3. The molecule has 0 aliphatic rings. The molecule has 0 bridgehead atoms. The summed E-state index contributed by atoms with van der Waals surface area (Å²) >= 11 is 0. The van der Waals surface area contributed by atoms with E-state index >= 15 is 0 Å². The molecule has 31 heavy (non-hydrogen) atoms. The molecule has 0 saturated heterocycles. The number of hydrazone groups is 1. The van der Waals surface area contributed by atoms with Gasteiger partial charge in [0.15, 0.2) is 11.6 Å². The second kappa shape index (κ2) is 8.95. The molecule has 2 aromatic heterocycles. The van der Waals surface area contributed by atoms with Gasteiger partial charge in [-0.25, -0.2) is 18.8 Å². The molecule has 0 fully saturated rings. The molecule has 0 aliphatic heterocycles. The van der Waals surface area contributed by atoms with Gasteiger partial charge in [-0.2, -0.15) is 10.1 Å². The number of hydrogen-bond acceptors (Lipinski definition) is 10. The van der Waals surface area contributed by atoms with Crippen LogP contribution in [0.5, 0.6) is 0 Å². The van der Waals surface area contributed by atoms with E-state index in [2.05, 4.69) is 40.8 Å². The summed E-state index contributed by atoms with van der Waals surface area (Å²) in [6.45, 7) is 2.04. The number of aromatic nitrogens is 4. The fourth-order valence-corrected chi connectivity index (χ4v) is 2.60. The molecule has 0 radical (unpaired) electrons. The lowest BCUT2D eigenvalue weighted by molar-refractivity contribution is 0.0526. The predicted octanol–water partition coefficient (Wildman–Crippen LogP) is 3.52. The second-order valence-electron chi connectivity index (χ2n) is 6.18. The molecule has 4 rings (SSSR count). The van der Waals surface area contributed by atoms with Crippen molar-refractivity contribution in [2.75, 3.05) is 17.3 Å². The number of fused-ring (bicyclic) bond motifs is 1. The fourth-order valence-electron chi connectivity index (χ4n) is 2.60. The minimum absolute atomic E-state index is 0.187. The van der Waals surface area contributed by atoms with E-state index < -0.39 is 5.97 Å². The van der Waals surface area contributed by atoms with Gasteiger partial charge in [-0.05, 0) is 59.2 Å². The molecule has 4 aromatic rings. The number of rotatable bonds is 7. The highest BCUT2D eigenvalue weighted by molar-refractivity contribution is 5.90. The van der Waals surface area contributed by atoms with Crippen LogP contribution in [0.4, 0.5) is 21.7 Å². The van der Waals surface area contributed by atoms with E-state index in [1.807, 2.05) is 0 Å². The lowest BCUT2D eigenvalue weighted by atomic mass is 10.2. The lowest BCUT2D eigenvalue weighted by Crippen LogP contribution is -2.05. The Bertz CT molecular complexity index is 1240. The molecule has 0 amide bonds. The monoisotopic (exact) mass is 421 g/mol. The highest BCUT2D eigenvalue weighted by Gasteiger charge is 2.13. The van der Waals surface area contributed by atoms with Crippen molar-refractivity contribution in [3.8, 4) is 0 Å². The van der Waals surface area contributed by atoms with E-state index in [0.717, 1.165) is 0 Å². The number of nitrogens with one attached hydrogen (secondary N) is 2.